The molecule has 0 atom stereocenters. The molecule has 0 bridgehead atoms. The number of pyridine rings is 3. The monoisotopic (exact) mass is 289 g/mol. The Bertz CT molecular complexity index is 876. The van der Waals surface area contributed by atoms with Crippen LogP contribution in [0.1, 0.15) is 5.56 Å². The van der Waals surface area contributed by atoms with Gasteiger partial charge in [-0.3, -0.25) is 9.78 Å². The standard InChI is InChI=1S/C14H9ClFN3O/c1-7-10(5-17-6-11(7)16)9-2-8-4-18-13(15)3-12(8)19-14(9)20/h2-6H,1H3,(H,19,20). The number of aromatic nitrogens is 3. The molecule has 1 N–H and O–H groups in total. The number of H-pyrrole nitrogens is 1. The van der Waals surface area contributed by atoms with Crippen LogP contribution in [0.25, 0.3) is 22.0 Å². The van der Waals surface area contributed by atoms with E-state index in [1.54, 1.807) is 25.3 Å². The first kappa shape index (κ1) is 12.7. The van der Waals surface area contributed by atoms with Gasteiger partial charge < -0.3 is 4.98 Å². The van der Waals surface area contributed by atoms with Crippen LogP contribution >= 0.6 is 11.6 Å². The van der Waals surface area contributed by atoms with Gasteiger partial charge >= 0.3 is 0 Å². The molecular formula is C14H9ClFN3O. The van der Waals surface area contributed by atoms with Crippen LogP contribution in [0.4, 0.5) is 4.39 Å². The fraction of sp³-hybridized carbons (Fsp3) is 0.0714. The maximum Gasteiger partial charge on any atom is 0.256 e. The number of hydrogen-bond acceptors (Lipinski definition) is 3. The van der Waals surface area contributed by atoms with Gasteiger partial charge in [-0.25, -0.2) is 9.37 Å². The summed E-state index contributed by atoms with van der Waals surface area (Å²) in [6.07, 6.45) is 4.15. The van der Waals surface area contributed by atoms with E-state index in [1.165, 1.54) is 6.20 Å². The second-order valence-electron chi connectivity index (χ2n) is 4.40. The van der Waals surface area contributed by atoms with Crippen molar-refractivity contribution in [3.05, 3.63) is 57.6 Å². The van der Waals surface area contributed by atoms with E-state index in [1.807, 2.05) is 0 Å². The molecule has 3 aromatic heterocycles. The summed E-state index contributed by atoms with van der Waals surface area (Å²) >= 11 is 5.78. The van der Waals surface area contributed by atoms with Crippen molar-refractivity contribution in [2.24, 2.45) is 0 Å². The number of hydrogen-bond donors (Lipinski definition) is 1. The van der Waals surface area contributed by atoms with E-state index in [2.05, 4.69) is 15.0 Å². The van der Waals surface area contributed by atoms with Crippen molar-refractivity contribution in [3.8, 4) is 11.1 Å². The quantitative estimate of drug-likeness (QED) is 0.700. The Hall–Kier alpha value is -2.27. The molecule has 3 rings (SSSR count). The normalized spacial score (nSPS) is 10.9. The third-order valence-corrected chi connectivity index (χ3v) is 3.34. The van der Waals surface area contributed by atoms with Crippen molar-refractivity contribution in [1.29, 1.82) is 0 Å². The highest BCUT2D eigenvalue weighted by Gasteiger charge is 2.11. The molecule has 20 heavy (non-hydrogen) atoms. The van der Waals surface area contributed by atoms with Crippen LogP contribution in [0, 0.1) is 12.7 Å². The molecule has 100 valence electrons. The summed E-state index contributed by atoms with van der Waals surface area (Å²) in [7, 11) is 0. The van der Waals surface area contributed by atoms with Crippen LogP contribution in [0.5, 0.6) is 0 Å². The SMILES string of the molecule is Cc1c(F)cncc1-c1cc2cnc(Cl)cc2[nH]c1=O. The van der Waals surface area contributed by atoms with E-state index in [0.717, 1.165) is 6.20 Å². The van der Waals surface area contributed by atoms with Crippen LogP contribution in [0.15, 0.2) is 35.5 Å². The van der Waals surface area contributed by atoms with E-state index in [-0.39, 0.29) is 5.56 Å². The lowest BCUT2D eigenvalue weighted by Crippen LogP contribution is -2.10. The Balaban J connectivity index is 2.32. The van der Waals surface area contributed by atoms with Crippen molar-refractivity contribution in [1.82, 2.24) is 15.0 Å². The van der Waals surface area contributed by atoms with Crippen molar-refractivity contribution in [3.63, 3.8) is 0 Å². The molecular weight excluding hydrogens is 281 g/mol. The maximum absolute atomic E-state index is 13.6. The zero-order valence-corrected chi connectivity index (χ0v) is 11.2. The van der Waals surface area contributed by atoms with E-state index in [9.17, 15) is 9.18 Å². The average Bonchev–Trinajstić information content (AvgIpc) is 2.41. The predicted molar refractivity (Wildman–Crippen MR) is 75.3 cm³/mol. The molecule has 3 aromatic rings. The minimum Gasteiger partial charge on any atom is -0.321 e. The molecule has 0 aromatic carbocycles. The molecule has 0 radical (unpaired) electrons. The molecule has 0 aliphatic rings. The summed E-state index contributed by atoms with van der Waals surface area (Å²) in [4.78, 5) is 22.6. The fourth-order valence-electron chi connectivity index (χ4n) is 2.05. The van der Waals surface area contributed by atoms with Gasteiger partial charge in [-0.2, -0.15) is 0 Å². The van der Waals surface area contributed by atoms with Gasteiger partial charge in [0.05, 0.1) is 11.7 Å². The van der Waals surface area contributed by atoms with Gasteiger partial charge in [0.2, 0.25) is 0 Å². The zero-order chi connectivity index (χ0) is 14.3. The lowest BCUT2D eigenvalue weighted by molar-refractivity contribution is 0.612. The lowest BCUT2D eigenvalue weighted by atomic mass is 10.0. The van der Waals surface area contributed by atoms with Crippen molar-refractivity contribution in [2.75, 3.05) is 0 Å². The minimum atomic E-state index is -0.448. The molecule has 0 spiro atoms. The Morgan fingerprint density at radius 3 is 2.80 bits per heavy atom. The van der Waals surface area contributed by atoms with Crippen LogP contribution in [0.3, 0.4) is 0 Å². The van der Waals surface area contributed by atoms with Crippen molar-refractivity contribution < 1.29 is 4.39 Å². The van der Waals surface area contributed by atoms with Gasteiger partial charge in [0.1, 0.15) is 11.0 Å². The van der Waals surface area contributed by atoms with Crippen LogP contribution in [-0.2, 0) is 0 Å². The van der Waals surface area contributed by atoms with Gasteiger partial charge in [0.25, 0.3) is 5.56 Å². The number of rotatable bonds is 1. The third kappa shape index (κ3) is 2.06. The molecule has 0 fully saturated rings. The predicted octanol–water partition coefficient (Wildman–Crippen LogP) is 3.09. The Labute approximate surface area is 118 Å². The highest BCUT2D eigenvalue weighted by Crippen LogP contribution is 2.23. The molecule has 0 aliphatic heterocycles. The highest BCUT2D eigenvalue weighted by atomic mass is 35.5. The number of aromatic amines is 1. The first-order valence-corrected chi connectivity index (χ1v) is 6.23. The smallest absolute Gasteiger partial charge is 0.256 e. The minimum absolute atomic E-state index is 0.296. The number of nitrogens with zero attached hydrogens (tertiary/aromatic N) is 2. The first-order chi connectivity index (χ1) is 9.56. The van der Waals surface area contributed by atoms with Crippen molar-refractivity contribution in [2.45, 2.75) is 6.92 Å². The second kappa shape index (κ2) is 4.68. The molecule has 3 heterocycles. The van der Waals surface area contributed by atoms with Crippen molar-refractivity contribution >= 4 is 22.5 Å². The Morgan fingerprint density at radius 2 is 2.00 bits per heavy atom. The first-order valence-electron chi connectivity index (χ1n) is 5.85. The molecule has 4 nitrogen and oxygen atoms in total. The number of halogens is 2. The van der Waals surface area contributed by atoms with Gasteiger partial charge in [0.15, 0.2) is 0 Å². The maximum atomic E-state index is 13.6. The molecule has 0 saturated carbocycles. The molecule has 0 amide bonds. The fourth-order valence-corrected chi connectivity index (χ4v) is 2.20. The molecule has 0 aliphatic carbocycles. The second-order valence-corrected chi connectivity index (χ2v) is 4.79. The zero-order valence-electron chi connectivity index (χ0n) is 10.4. The third-order valence-electron chi connectivity index (χ3n) is 3.14. The number of nitrogens with one attached hydrogen (secondary N) is 1. The summed E-state index contributed by atoms with van der Waals surface area (Å²) in [5.41, 5.74) is 1.46. The molecule has 0 saturated heterocycles. The van der Waals surface area contributed by atoms with Crippen LogP contribution < -0.4 is 5.56 Å². The summed E-state index contributed by atoms with van der Waals surface area (Å²) in [6.45, 7) is 1.61. The van der Waals surface area contributed by atoms with Gasteiger partial charge in [-0.15, -0.1) is 0 Å². The van der Waals surface area contributed by atoms with E-state index < -0.39 is 5.82 Å². The van der Waals surface area contributed by atoms with Gasteiger partial charge in [-0.1, -0.05) is 11.6 Å². The van der Waals surface area contributed by atoms with Crippen LogP contribution in [-0.4, -0.2) is 15.0 Å². The average molecular weight is 290 g/mol. The van der Waals surface area contributed by atoms with E-state index in [0.29, 0.717) is 32.7 Å². The van der Waals surface area contributed by atoms with Gasteiger partial charge in [-0.05, 0) is 24.6 Å². The molecule has 6 heteroatoms. The summed E-state index contributed by atoms with van der Waals surface area (Å²) in [5, 5.41) is 1.01. The Kier molecular flexibility index (Phi) is 2.99. The van der Waals surface area contributed by atoms with E-state index >= 15 is 0 Å². The van der Waals surface area contributed by atoms with E-state index in [4.69, 9.17) is 11.6 Å². The Morgan fingerprint density at radius 1 is 1.20 bits per heavy atom. The largest absolute Gasteiger partial charge is 0.321 e. The number of fused-ring (bicyclic) bond motifs is 1. The van der Waals surface area contributed by atoms with Gasteiger partial charge in [0, 0.05) is 28.9 Å². The van der Waals surface area contributed by atoms with Crippen LogP contribution in [0.2, 0.25) is 5.15 Å². The summed E-state index contributed by atoms with van der Waals surface area (Å²) < 4.78 is 13.6. The topological polar surface area (TPSA) is 58.6 Å². The molecule has 0 unspecified atom stereocenters. The lowest BCUT2D eigenvalue weighted by Gasteiger charge is -2.07. The summed E-state index contributed by atoms with van der Waals surface area (Å²) in [5.74, 6) is -0.448. The summed E-state index contributed by atoms with van der Waals surface area (Å²) in [6, 6.07) is 3.22. The highest BCUT2D eigenvalue weighted by molar-refractivity contribution is 6.30.